The molecule has 4 rings (SSSR count). The summed E-state index contributed by atoms with van der Waals surface area (Å²) in [4.78, 5) is 15.6. The molecule has 0 saturated heterocycles. The van der Waals surface area contributed by atoms with Crippen LogP contribution in [-0.4, -0.2) is 21.4 Å². The molecule has 156 valence electrons. The monoisotopic (exact) mass is 420 g/mol. The number of rotatable bonds is 6. The van der Waals surface area contributed by atoms with Crippen molar-refractivity contribution in [2.75, 3.05) is 0 Å². The fraction of sp³-hybridized carbons (Fsp3) is 0.346. The van der Waals surface area contributed by atoms with Gasteiger partial charge in [-0.3, -0.25) is 4.79 Å². The Labute approximate surface area is 184 Å². The van der Waals surface area contributed by atoms with Crippen LogP contribution in [0.1, 0.15) is 59.3 Å². The molecule has 1 aromatic heterocycles. The first kappa shape index (κ1) is 20.7. The lowest BCUT2D eigenvalue weighted by molar-refractivity contribution is 0.0609. The molecule has 0 unspecified atom stereocenters. The van der Waals surface area contributed by atoms with Crippen molar-refractivity contribution in [3.05, 3.63) is 94.3 Å². The van der Waals surface area contributed by atoms with Crippen molar-refractivity contribution >= 4 is 17.5 Å². The summed E-state index contributed by atoms with van der Waals surface area (Å²) in [6.45, 7) is 3.56. The van der Waals surface area contributed by atoms with Gasteiger partial charge in [0.15, 0.2) is 0 Å². The molecule has 2 aromatic carbocycles. The second-order valence-corrected chi connectivity index (χ2v) is 8.67. The van der Waals surface area contributed by atoms with Crippen LogP contribution in [0.25, 0.3) is 0 Å². The predicted octanol–water partition coefficient (Wildman–Crippen LogP) is 6.47. The van der Waals surface area contributed by atoms with Gasteiger partial charge in [-0.05, 0) is 55.2 Å². The normalized spacial score (nSPS) is 14.6. The Bertz CT molecular complexity index is 1000. The molecular formula is C26H29ClN2O. The number of nitrogens with zero attached hydrogens (tertiary/aromatic N) is 2. The Morgan fingerprint density at radius 1 is 1.00 bits per heavy atom. The van der Waals surface area contributed by atoms with E-state index >= 15 is 0 Å². The largest absolute Gasteiger partial charge is 0.345 e. The van der Waals surface area contributed by atoms with Gasteiger partial charge in [-0.2, -0.15) is 0 Å². The SMILES string of the molecule is Cc1ccccc1Cn1cccc1CN(C(=O)c1ccccc1Cl)C1CCCCC1. The number of aromatic nitrogens is 1. The average molecular weight is 421 g/mol. The van der Waals surface area contributed by atoms with E-state index in [0.717, 1.165) is 25.1 Å². The molecule has 0 aliphatic heterocycles. The lowest BCUT2D eigenvalue weighted by atomic mass is 9.93. The van der Waals surface area contributed by atoms with E-state index in [-0.39, 0.29) is 11.9 Å². The van der Waals surface area contributed by atoms with Crippen molar-refractivity contribution in [2.24, 2.45) is 0 Å². The van der Waals surface area contributed by atoms with Crippen LogP contribution in [0.5, 0.6) is 0 Å². The van der Waals surface area contributed by atoms with Gasteiger partial charge in [-0.25, -0.2) is 0 Å². The Morgan fingerprint density at radius 3 is 2.50 bits per heavy atom. The maximum atomic E-state index is 13.5. The van der Waals surface area contributed by atoms with Gasteiger partial charge < -0.3 is 9.47 Å². The van der Waals surface area contributed by atoms with E-state index in [1.807, 2.05) is 18.2 Å². The molecule has 4 heteroatoms. The molecule has 3 aromatic rings. The van der Waals surface area contributed by atoms with Crippen LogP contribution in [0, 0.1) is 6.92 Å². The van der Waals surface area contributed by atoms with E-state index in [1.165, 1.54) is 30.4 Å². The number of hydrogen-bond acceptors (Lipinski definition) is 1. The fourth-order valence-corrected chi connectivity index (χ4v) is 4.66. The number of carbonyl (C=O) groups is 1. The van der Waals surface area contributed by atoms with E-state index in [0.29, 0.717) is 17.1 Å². The van der Waals surface area contributed by atoms with Gasteiger partial charge in [0.1, 0.15) is 0 Å². The van der Waals surface area contributed by atoms with Gasteiger partial charge in [-0.15, -0.1) is 0 Å². The molecule has 0 atom stereocenters. The van der Waals surface area contributed by atoms with Crippen LogP contribution in [0.4, 0.5) is 0 Å². The van der Waals surface area contributed by atoms with Crippen molar-refractivity contribution in [2.45, 2.75) is 58.2 Å². The average Bonchev–Trinajstić information content (AvgIpc) is 3.21. The maximum Gasteiger partial charge on any atom is 0.255 e. The van der Waals surface area contributed by atoms with Crippen LogP contribution >= 0.6 is 11.6 Å². The minimum Gasteiger partial charge on any atom is -0.345 e. The van der Waals surface area contributed by atoms with Crippen molar-refractivity contribution in [3.63, 3.8) is 0 Å². The third kappa shape index (κ3) is 4.62. The molecule has 30 heavy (non-hydrogen) atoms. The van der Waals surface area contributed by atoms with E-state index < -0.39 is 0 Å². The summed E-state index contributed by atoms with van der Waals surface area (Å²) in [5.41, 5.74) is 4.34. The van der Waals surface area contributed by atoms with Gasteiger partial charge >= 0.3 is 0 Å². The summed E-state index contributed by atoms with van der Waals surface area (Å²) in [6.07, 6.45) is 7.86. The zero-order valence-corrected chi connectivity index (χ0v) is 18.3. The summed E-state index contributed by atoms with van der Waals surface area (Å²) in [5, 5.41) is 0.526. The lowest BCUT2D eigenvalue weighted by Crippen LogP contribution is -2.41. The number of amides is 1. The minimum absolute atomic E-state index is 0.0381. The standard InChI is InChI=1S/C26H29ClN2O/c1-20-10-5-6-11-21(20)18-28-17-9-14-23(28)19-29(22-12-3-2-4-13-22)26(30)24-15-7-8-16-25(24)27/h5-11,14-17,22H,2-4,12-13,18-19H2,1H3. The molecule has 0 bridgehead atoms. The van der Waals surface area contributed by atoms with Crippen molar-refractivity contribution in [1.82, 2.24) is 9.47 Å². The van der Waals surface area contributed by atoms with Gasteiger partial charge in [0, 0.05) is 24.5 Å². The van der Waals surface area contributed by atoms with Gasteiger partial charge in [0.2, 0.25) is 0 Å². The Balaban J connectivity index is 1.61. The summed E-state index contributed by atoms with van der Waals surface area (Å²) in [7, 11) is 0. The highest BCUT2D eigenvalue weighted by Crippen LogP contribution is 2.28. The maximum absolute atomic E-state index is 13.5. The first-order valence-electron chi connectivity index (χ1n) is 10.9. The molecule has 3 nitrogen and oxygen atoms in total. The summed E-state index contributed by atoms with van der Waals surface area (Å²) in [5.74, 6) is 0.0381. The zero-order valence-electron chi connectivity index (χ0n) is 17.6. The highest BCUT2D eigenvalue weighted by molar-refractivity contribution is 6.33. The Hall–Kier alpha value is -2.52. The highest BCUT2D eigenvalue weighted by Gasteiger charge is 2.28. The van der Waals surface area contributed by atoms with Crippen LogP contribution in [0.2, 0.25) is 5.02 Å². The van der Waals surface area contributed by atoms with Crippen molar-refractivity contribution in [3.8, 4) is 0 Å². The molecule has 1 fully saturated rings. The second-order valence-electron chi connectivity index (χ2n) is 8.26. The van der Waals surface area contributed by atoms with Gasteiger partial charge in [-0.1, -0.05) is 67.3 Å². The second kappa shape index (κ2) is 9.53. The van der Waals surface area contributed by atoms with E-state index in [4.69, 9.17) is 11.6 Å². The molecule has 1 saturated carbocycles. The van der Waals surface area contributed by atoms with Crippen molar-refractivity contribution in [1.29, 1.82) is 0 Å². The van der Waals surface area contributed by atoms with Gasteiger partial charge in [0.05, 0.1) is 17.1 Å². The third-order valence-electron chi connectivity index (χ3n) is 6.24. The fourth-order valence-electron chi connectivity index (χ4n) is 4.44. The molecule has 0 spiro atoms. The van der Waals surface area contributed by atoms with Gasteiger partial charge in [0.25, 0.3) is 5.91 Å². The Kier molecular flexibility index (Phi) is 6.59. The number of benzene rings is 2. The molecule has 0 N–H and O–H groups in total. The summed E-state index contributed by atoms with van der Waals surface area (Å²) in [6, 6.07) is 20.4. The molecule has 1 amide bonds. The molecule has 1 aliphatic carbocycles. The van der Waals surface area contributed by atoms with Crippen LogP contribution in [-0.2, 0) is 13.1 Å². The molecular weight excluding hydrogens is 392 g/mol. The topological polar surface area (TPSA) is 25.2 Å². The number of halogens is 1. The van der Waals surface area contributed by atoms with E-state index in [2.05, 4.69) is 59.0 Å². The molecule has 1 aliphatic rings. The van der Waals surface area contributed by atoms with E-state index in [9.17, 15) is 4.79 Å². The smallest absolute Gasteiger partial charge is 0.255 e. The molecule has 1 heterocycles. The first-order valence-corrected chi connectivity index (χ1v) is 11.3. The van der Waals surface area contributed by atoms with Crippen LogP contribution < -0.4 is 0 Å². The molecule has 0 radical (unpaired) electrons. The number of aryl methyl sites for hydroxylation is 1. The summed E-state index contributed by atoms with van der Waals surface area (Å²) >= 11 is 6.39. The highest BCUT2D eigenvalue weighted by atomic mass is 35.5. The minimum atomic E-state index is 0.0381. The third-order valence-corrected chi connectivity index (χ3v) is 6.57. The predicted molar refractivity (Wildman–Crippen MR) is 123 cm³/mol. The number of hydrogen-bond donors (Lipinski definition) is 0. The first-order chi connectivity index (χ1) is 14.6. The quantitative estimate of drug-likeness (QED) is 0.448. The van der Waals surface area contributed by atoms with Crippen molar-refractivity contribution < 1.29 is 4.79 Å². The number of carbonyl (C=O) groups excluding carboxylic acids is 1. The van der Waals surface area contributed by atoms with Crippen LogP contribution in [0.3, 0.4) is 0 Å². The lowest BCUT2D eigenvalue weighted by Gasteiger charge is -2.35. The zero-order chi connectivity index (χ0) is 20.9. The van der Waals surface area contributed by atoms with E-state index in [1.54, 1.807) is 6.07 Å². The van der Waals surface area contributed by atoms with Crippen LogP contribution in [0.15, 0.2) is 66.9 Å². The summed E-state index contributed by atoms with van der Waals surface area (Å²) < 4.78 is 2.26. The Morgan fingerprint density at radius 2 is 1.73 bits per heavy atom.